The van der Waals surface area contributed by atoms with E-state index >= 15 is 0 Å². The Kier molecular flexibility index (Phi) is 4.90. The first-order valence-corrected chi connectivity index (χ1v) is 11.0. The van der Waals surface area contributed by atoms with E-state index in [0.29, 0.717) is 25.3 Å². The highest BCUT2D eigenvalue weighted by Crippen LogP contribution is 2.40. The van der Waals surface area contributed by atoms with Crippen molar-refractivity contribution < 1.29 is 14.3 Å². The fourth-order valence-corrected chi connectivity index (χ4v) is 5.88. The molecule has 150 valence electrons. The van der Waals surface area contributed by atoms with Crippen molar-refractivity contribution in [1.82, 2.24) is 4.90 Å². The van der Waals surface area contributed by atoms with Gasteiger partial charge in [-0.25, -0.2) is 0 Å². The van der Waals surface area contributed by atoms with Crippen molar-refractivity contribution in [2.75, 3.05) is 31.6 Å². The lowest BCUT2D eigenvalue weighted by Crippen LogP contribution is -2.33. The fraction of sp³-hybridized carbons (Fsp3) is 0.455. The van der Waals surface area contributed by atoms with E-state index in [1.54, 1.807) is 11.3 Å². The van der Waals surface area contributed by atoms with Crippen LogP contribution in [0, 0.1) is 11.3 Å². The molecule has 0 bridgehead atoms. The van der Waals surface area contributed by atoms with E-state index in [1.807, 2.05) is 12.1 Å². The normalized spacial score (nSPS) is 20.3. The van der Waals surface area contributed by atoms with Crippen LogP contribution < -0.4 is 14.8 Å². The Morgan fingerprint density at radius 1 is 1.24 bits per heavy atom. The largest absolute Gasteiger partial charge is 0.486 e. The molecule has 29 heavy (non-hydrogen) atoms. The van der Waals surface area contributed by atoms with Gasteiger partial charge in [0.25, 0.3) is 0 Å². The summed E-state index contributed by atoms with van der Waals surface area (Å²) in [5, 5.41) is 13.3. The summed E-state index contributed by atoms with van der Waals surface area (Å²) in [6.45, 7) is 2.36. The third-order valence-corrected chi connectivity index (χ3v) is 7.15. The Bertz CT molecular complexity index is 994. The Balaban J connectivity index is 1.29. The number of aryl methyl sites for hydroxylation is 1. The van der Waals surface area contributed by atoms with Gasteiger partial charge in [0.1, 0.15) is 24.3 Å². The summed E-state index contributed by atoms with van der Waals surface area (Å²) >= 11 is 1.57. The molecule has 0 saturated carbocycles. The quantitative estimate of drug-likeness (QED) is 0.834. The van der Waals surface area contributed by atoms with Crippen molar-refractivity contribution >= 4 is 22.2 Å². The van der Waals surface area contributed by atoms with Gasteiger partial charge in [0.05, 0.1) is 12.1 Å². The lowest BCUT2D eigenvalue weighted by Gasteiger charge is -2.26. The molecular formula is C22H23N3O3S. The molecule has 3 aliphatic rings. The number of ether oxygens (including phenoxy) is 2. The molecule has 6 nitrogen and oxygen atoms in total. The summed E-state index contributed by atoms with van der Waals surface area (Å²) in [5.41, 5.74) is 2.97. The van der Waals surface area contributed by atoms with Crippen LogP contribution in [0.5, 0.6) is 11.5 Å². The monoisotopic (exact) mass is 409 g/mol. The van der Waals surface area contributed by atoms with E-state index in [-0.39, 0.29) is 11.9 Å². The molecule has 2 aromatic rings. The average molecular weight is 410 g/mol. The van der Waals surface area contributed by atoms with Gasteiger partial charge in [-0.1, -0.05) is 6.07 Å². The number of hydrogen-bond donors (Lipinski definition) is 1. The van der Waals surface area contributed by atoms with Gasteiger partial charge in [0.2, 0.25) is 5.91 Å². The number of benzene rings is 1. The molecule has 0 spiro atoms. The van der Waals surface area contributed by atoms with Crippen molar-refractivity contribution in [3.05, 3.63) is 39.8 Å². The third-order valence-electron chi connectivity index (χ3n) is 5.95. The van der Waals surface area contributed by atoms with Crippen LogP contribution in [0.4, 0.5) is 5.00 Å². The molecule has 1 N–H and O–H groups in total. The molecule has 3 heterocycles. The van der Waals surface area contributed by atoms with Crippen LogP contribution in [0.3, 0.4) is 0 Å². The second-order valence-corrected chi connectivity index (χ2v) is 8.86. The predicted octanol–water partition coefficient (Wildman–Crippen LogP) is 3.66. The maximum atomic E-state index is 12.8. The van der Waals surface area contributed by atoms with Gasteiger partial charge in [-0.05, 0) is 61.9 Å². The first-order valence-electron chi connectivity index (χ1n) is 10.2. The minimum Gasteiger partial charge on any atom is -0.486 e. The highest BCUT2D eigenvalue weighted by atomic mass is 32.1. The zero-order valence-electron chi connectivity index (χ0n) is 16.2. The second-order valence-electron chi connectivity index (χ2n) is 7.75. The predicted molar refractivity (Wildman–Crippen MR) is 111 cm³/mol. The summed E-state index contributed by atoms with van der Waals surface area (Å²) in [4.78, 5) is 16.2. The molecule has 0 radical (unpaired) electrons. The summed E-state index contributed by atoms with van der Waals surface area (Å²) in [6, 6.07) is 8.58. The molecule has 1 aromatic carbocycles. The van der Waals surface area contributed by atoms with Crippen LogP contribution >= 0.6 is 11.3 Å². The lowest BCUT2D eigenvalue weighted by atomic mass is 10.0. The molecule has 7 heteroatoms. The van der Waals surface area contributed by atoms with Crippen LogP contribution in [-0.2, 0) is 17.6 Å². The zero-order valence-corrected chi connectivity index (χ0v) is 17.0. The number of anilines is 1. The Hall–Kier alpha value is -2.56. The molecular weight excluding hydrogens is 386 g/mol. The van der Waals surface area contributed by atoms with Gasteiger partial charge in [-0.15, -0.1) is 11.3 Å². The molecule has 1 amide bonds. The molecule has 1 unspecified atom stereocenters. The number of amides is 1. The minimum atomic E-state index is -0.0501. The van der Waals surface area contributed by atoms with Crippen LogP contribution in [0.1, 0.15) is 46.9 Å². The van der Waals surface area contributed by atoms with Crippen LogP contribution in [0.15, 0.2) is 18.2 Å². The van der Waals surface area contributed by atoms with Gasteiger partial charge in [-0.3, -0.25) is 9.69 Å². The van der Waals surface area contributed by atoms with E-state index in [2.05, 4.69) is 22.4 Å². The molecule has 1 fully saturated rings. The third kappa shape index (κ3) is 3.47. The zero-order chi connectivity index (χ0) is 19.8. The fourth-order valence-electron chi connectivity index (χ4n) is 4.62. The van der Waals surface area contributed by atoms with Crippen LogP contribution in [0.2, 0.25) is 0 Å². The number of carbonyl (C=O) groups excluding carboxylic acids is 1. The number of likely N-dealkylation sites (tertiary alicyclic amines) is 1. The van der Waals surface area contributed by atoms with E-state index in [4.69, 9.17) is 9.47 Å². The molecule has 1 aliphatic carbocycles. The number of thiophene rings is 1. The number of fused-ring (bicyclic) bond motifs is 2. The Labute approximate surface area is 174 Å². The van der Waals surface area contributed by atoms with Crippen molar-refractivity contribution in [3.8, 4) is 17.6 Å². The van der Waals surface area contributed by atoms with Crippen molar-refractivity contribution in [1.29, 1.82) is 5.26 Å². The highest BCUT2D eigenvalue weighted by Gasteiger charge is 2.30. The smallest absolute Gasteiger partial charge is 0.239 e. The van der Waals surface area contributed by atoms with Gasteiger partial charge in [0.15, 0.2) is 11.5 Å². The topological polar surface area (TPSA) is 74.6 Å². The van der Waals surface area contributed by atoms with Crippen molar-refractivity contribution in [3.63, 3.8) is 0 Å². The summed E-state index contributed by atoms with van der Waals surface area (Å²) < 4.78 is 11.3. The number of rotatable bonds is 4. The molecule has 1 atom stereocenters. The maximum absolute atomic E-state index is 12.8. The molecule has 1 saturated heterocycles. The summed E-state index contributed by atoms with van der Waals surface area (Å²) in [7, 11) is 0. The summed E-state index contributed by atoms with van der Waals surface area (Å²) in [6.07, 6.45) is 5.15. The van der Waals surface area contributed by atoms with Gasteiger partial charge in [-0.2, -0.15) is 5.26 Å². The number of nitriles is 1. The van der Waals surface area contributed by atoms with Crippen molar-refractivity contribution in [2.24, 2.45) is 0 Å². The van der Waals surface area contributed by atoms with E-state index in [0.717, 1.165) is 66.3 Å². The second kappa shape index (κ2) is 7.69. The Morgan fingerprint density at radius 2 is 2.10 bits per heavy atom. The first-order chi connectivity index (χ1) is 14.2. The number of nitrogens with zero attached hydrogens (tertiary/aromatic N) is 2. The number of hydrogen-bond acceptors (Lipinski definition) is 6. The van der Waals surface area contributed by atoms with Gasteiger partial charge in [0, 0.05) is 10.9 Å². The first kappa shape index (κ1) is 18.5. The number of carbonyl (C=O) groups is 1. The van der Waals surface area contributed by atoms with Crippen molar-refractivity contribution in [2.45, 2.75) is 38.1 Å². The molecule has 5 rings (SSSR count). The molecule has 2 aliphatic heterocycles. The molecule has 1 aromatic heterocycles. The van der Waals surface area contributed by atoms with Gasteiger partial charge >= 0.3 is 0 Å². The lowest BCUT2D eigenvalue weighted by molar-refractivity contribution is -0.117. The van der Waals surface area contributed by atoms with Gasteiger partial charge < -0.3 is 14.8 Å². The average Bonchev–Trinajstić information content (AvgIpc) is 3.44. The van der Waals surface area contributed by atoms with E-state index in [1.165, 1.54) is 4.88 Å². The van der Waals surface area contributed by atoms with E-state index in [9.17, 15) is 10.1 Å². The number of nitrogens with one attached hydrogen (secondary N) is 1. The SMILES string of the molecule is N#Cc1c(NC(=O)CN2CCCC2c2ccc3c(c2)OCCO3)sc2c1CCC2. The van der Waals surface area contributed by atoms with E-state index < -0.39 is 0 Å². The summed E-state index contributed by atoms with van der Waals surface area (Å²) in [5.74, 6) is 1.53. The standard InChI is InChI=1S/C22H23N3O3S/c23-12-16-15-3-1-5-20(15)29-22(16)24-21(26)13-25-8-2-4-17(25)14-6-7-18-19(11-14)28-10-9-27-18/h6-7,11,17H,1-5,8-10,13H2,(H,24,26). The minimum absolute atomic E-state index is 0.0501. The maximum Gasteiger partial charge on any atom is 0.239 e. The van der Waals surface area contributed by atoms with Crippen LogP contribution in [0.25, 0.3) is 0 Å². The highest BCUT2D eigenvalue weighted by molar-refractivity contribution is 7.16. The van der Waals surface area contributed by atoms with Crippen LogP contribution in [-0.4, -0.2) is 37.1 Å². The Morgan fingerprint density at radius 3 is 2.97 bits per heavy atom.